The van der Waals surface area contributed by atoms with Crippen molar-refractivity contribution < 1.29 is 9.59 Å². The number of amides is 2. The number of aromatic nitrogens is 2. The second-order valence-corrected chi connectivity index (χ2v) is 6.21. The van der Waals surface area contributed by atoms with E-state index in [1.165, 1.54) is 15.9 Å². The van der Waals surface area contributed by atoms with Gasteiger partial charge in [0, 0.05) is 25.7 Å². The highest BCUT2D eigenvalue weighted by atomic mass is 16.2. The number of nitrogens with one attached hydrogen (secondary N) is 1. The number of amidine groups is 1. The lowest BCUT2D eigenvalue weighted by molar-refractivity contribution is -0.118. The van der Waals surface area contributed by atoms with E-state index in [-0.39, 0.29) is 23.7 Å². The molecule has 2 aliphatic heterocycles. The Morgan fingerprint density at radius 3 is 2.83 bits per heavy atom. The van der Waals surface area contributed by atoms with E-state index >= 15 is 0 Å². The second-order valence-electron chi connectivity index (χ2n) is 6.21. The Hall–Kier alpha value is -2.84. The summed E-state index contributed by atoms with van der Waals surface area (Å²) in [6.07, 6.45) is 1.91. The third-order valence-electron chi connectivity index (χ3n) is 3.57. The summed E-state index contributed by atoms with van der Waals surface area (Å²) in [5, 5.41) is 12.7. The van der Waals surface area contributed by atoms with Crippen molar-refractivity contribution in [2.75, 3.05) is 12.4 Å². The summed E-state index contributed by atoms with van der Waals surface area (Å²) < 4.78 is 1.38. The van der Waals surface area contributed by atoms with Gasteiger partial charge < -0.3 is 5.32 Å². The van der Waals surface area contributed by atoms with Crippen LogP contribution >= 0.6 is 0 Å². The summed E-state index contributed by atoms with van der Waals surface area (Å²) in [5.41, 5.74) is 0.684. The number of fused-ring (bicyclic) bond motifs is 1. The summed E-state index contributed by atoms with van der Waals surface area (Å²) in [7, 11) is 1.71. The molecule has 2 amide bonds. The molecule has 1 atom stereocenters. The molecule has 1 unspecified atom stereocenters. The van der Waals surface area contributed by atoms with Gasteiger partial charge in [-0.05, 0) is 12.8 Å². The molecule has 3 rings (SSSR count). The lowest BCUT2D eigenvalue weighted by Gasteiger charge is -2.17. The van der Waals surface area contributed by atoms with Crippen LogP contribution in [0.15, 0.2) is 21.2 Å². The SMILES string of the molecule is Cc1cc(NC(=O)CC(C)C)n(C2=NC(=O)C3C=NN(C)C3=N2)n1. The highest BCUT2D eigenvalue weighted by molar-refractivity contribution is 6.24. The number of hydrogen-bond acceptors (Lipinski definition) is 6. The average Bonchev–Trinajstić information content (AvgIpc) is 3.02. The monoisotopic (exact) mass is 329 g/mol. The third kappa shape index (κ3) is 2.97. The Kier molecular flexibility index (Phi) is 4.00. The van der Waals surface area contributed by atoms with Crippen molar-refractivity contribution in [3.8, 4) is 0 Å². The number of nitrogens with zero attached hydrogens (tertiary/aromatic N) is 6. The van der Waals surface area contributed by atoms with Crippen LogP contribution in [0.25, 0.3) is 0 Å². The number of rotatable bonds is 3. The summed E-state index contributed by atoms with van der Waals surface area (Å²) in [6, 6.07) is 1.71. The van der Waals surface area contributed by atoms with E-state index in [1.54, 1.807) is 20.0 Å². The van der Waals surface area contributed by atoms with Crippen molar-refractivity contribution in [2.45, 2.75) is 27.2 Å². The Morgan fingerprint density at radius 1 is 1.38 bits per heavy atom. The van der Waals surface area contributed by atoms with Crippen LogP contribution in [-0.2, 0) is 9.59 Å². The van der Waals surface area contributed by atoms with Crippen LogP contribution in [0.5, 0.6) is 0 Å². The molecule has 1 N–H and O–H groups in total. The maximum Gasteiger partial charge on any atom is 0.265 e. The summed E-state index contributed by atoms with van der Waals surface area (Å²) in [4.78, 5) is 32.6. The molecule has 1 aromatic heterocycles. The van der Waals surface area contributed by atoms with Gasteiger partial charge in [-0.1, -0.05) is 13.8 Å². The molecule has 0 saturated heterocycles. The van der Waals surface area contributed by atoms with Crippen molar-refractivity contribution in [3.63, 3.8) is 0 Å². The molecular formula is C15H19N7O2. The molecule has 3 heterocycles. The van der Waals surface area contributed by atoms with Crippen molar-refractivity contribution >= 4 is 35.6 Å². The van der Waals surface area contributed by atoms with E-state index < -0.39 is 5.92 Å². The zero-order valence-corrected chi connectivity index (χ0v) is 14.0. The molecule has 0 fully saturated rings. The van der Waals surface area contributed by atoms with Gasteiger partial charge in [0.2, 0.25) is 5.91 Å². The summed E-state index contributed by atoms with van der Waals surface area (Å²) >= 11 is 0. The fraction of sp³-hybridized carbons (Fsp3) is 0.467. The van der Waals surface area contributed by atoms with Gasteiger partial charge >= 0.3 is 0 Å². The molecule has 0 saturated carbocycles. The van der Waals surface area contributed by atoms with Crippen LogP contribution in [0.1, 0.15) is 26.0 Å². The van der Waals surface area contributed by atoms with Crippen LogP contribution in [0.2, 0.25) is 0 Å². The van der Waals surface area contributed by atoms with E-state index in [2.05, 4.69) is 25.5 Å². The van der Waals surface area contributed by atoms with Crippen molar-refractivity contribution in [2.24, 2.45) is 26.9 Å². The normalized spacial score (nSPS) is 19.5. The average molecular weight is 329 g/mol. The number of aryl methyl sites for hydroxylation is 1. The molecule has 0 radical (unpaired) electrons. The number of aliphatic imine (C=N–C) groups is 2. The first-order valence-corrected chi connectivity index (χ1v) is 7.71. The molecule has 0 aliphatic carbocycles. The minimum atomic E-state index is -0.547. The lowest BCUT2D eigenvalue weighted by Crippen LogP contribution is -2.35. The zero-order chi connectivity index (χ0) is 17.4. The first-order valence-electron chi connectivity index (χ1n) is 7.71. The predicted molar refractivity (Wildman–Crippen MR) is 90.1 cm³/mol. The summed E-state index contributed by atoms with van der Waals surface area (Å²) in [5.74, 6) is 0.274. The molecule has 9 heteroatoms. The Labute approximate surface area is 139 Å². The predicted octanol–water partition coefficient (Wildman–Crippen LogP) is 0.866. The Bertz CT molecular complexity index is 788. The molecular weight excluding hydrogens is 310 g/mol. The van der Waals surface area contributed by atoms with Gasteiger partial charge in [-0.3, -0.25) is 14.6 Å². The van der Waals surface area contributed by atoms with Gasteiger partial charge in [0.15, 0.2) is 0 Å². The van der Waals surface area contributed by atoms with E-state index in [9.17, 15) is 9.59 Å². The van der Waals surface area contributed by atoms with Crippen LogP contribution in [0.4, 0.5) is 5.82 Å². The maximum atomic E-state index is 12.2. The number of anilines is 1. The zero-order valence-electron chi connectivity index (χ0n) is 14.0. The quantitative estimate of drug-likeness (QED) is 0.888. The van der Waals surface area contributed by atoms with Crippen molar-refractivity contribution in [1.82, 2.24) is 14.8 Å². The molecule has 24 heavy (non-hydrogen) atoms. The van der Waals surface area contributed by atoms with E-state index in [0.717, 1.165) is 0 Å². The fourth-order valence-corrected chi connectivity index (χ4v) is 2.51. The molecule has 9 nitrogen and oxygen atoms in total. The Balaban J connectivity index is 1.92. The number of carbonyl (C=O) groups is 2. The van der Waals surface area contributed by atoms with Crippen LogP contribution in [0.3, 0.4) is 0 Å². The van der Waals surface area contributed by atoms with Gasteiger partial charge in [0.1, 0.15) is 17.6 Å². The van der Waals surface area contributed by atoms with Crippen molar-refractivity contribution in [1.29, 1.82) is 0 Å². The van der Waals surface area contributed by atoms with E-state index in [0.29, 0.717) is 23.8 Å². The van der Waals surface area contributed by atoms with Gasteiger partial charge in [0.05, 0.1) is 5.69 Å². The van der Waals surface area contributed by atoms with Gasteiger partial charge in [-0.2, -0.15) is 24.9 Å². The van der Waals surface area contributed by atoms with Gasteiger partial charge in [-0.15, -0.1) is 0 Å². The molecule has 1 aromatic rings. The maximum absolute atomic E-state index is 12.2. The van der Waals surface area contributed by atoms with E-state index in [1.807, 2.05) is 13.8 Å². The van der Waals surface area contributed by atoms with E-state index in [4.69, 9.17) is 0 Å². The molecule has 0 aromatic carbocycles. The largest absolute Gasteiger partial charge is 0.310 e. The molecule has 0 bridgehead atoms. The highest BCUT2D eigenvalue weighted by Crippen LogP contribution is 2.19. The van der Waals surface area contributed by atoms with Crippen LogP contribution < -0.4 is 5.32 Å². The fourth-order valence-electron chi connectivity index (χ4n) is 2.51. The molecule has 2 aliphatic rings. The minimum Gasteiger partial charge on any atom is -0.310 e. The lowest BCUT2D eigenvalue weighted by atomic mass is 10.1. The highest BCUT2D eigenvalue weighted by Gasteiger charge is 2.35. The molecule has 0 spiro atoms. The Morgan fingerprint density at radius 2 is 2.12 bits per heavy atom. The van der Waals surface area contributed by atoms with Gasteiger partial charge in [0.25, 0.3) is 11.9 Å². The van der Waals surface area contributed by atoms with Crippen molar-refractivity contribution in [3.05, 3.63) is 11.8 Å². The number of hydrazone groups is 1. The van der Waals surface area contributed by atoms with Crippen LogP contribution in [0, 0.1) is 18.8 Å². The second kappa shape index (κ2) is 5.99. The standard InChI is InChI=1S/C15H19N7O2/c1-8(2)5-12(23)17-11-6-9(3)20-22(11)15-18-13-10(14(24)19-15)7-16-21(13)4/h6-8,10H,5H2,1-4H3,(H,17,23). The third-order valence-corrected chi connectivity index (χ3v) is 3.57. The number of hydrogen-bond donors (Lipinski definition) is 1. The molecule has 126 valence electrons. The first-order chi connectivity index (χ1) is 11.3. The number of carbonyl (C=O) groups excluding carboxylic acids is 2. The smallest absolute Gasteiger partial charge is 0.265 e. The first kappa shape index (κ1) is 16.0. The van der Waals surface area contributed by atoms with Gasteiger partial charge in [-0.25, -0.2) is 0 Å². The minimum absolute atomic E-state index is 0.122. The summed E-state index contributed by atoms with van der Waals surface area (Å²) in [6.45, 7) is 5.72. The van der Waals surface area contributed by atoms with Crippen LogP contribution in [-0.4, -0.2) is 51.7 Å². The topological polar surface area (TPSA) is 104 Å².